The third kappa shape index (κ3) is 7.17. The first-order valence-corrected chi connectivity index (χ1v) is 18.2. The lowest BCUT2D eigenvalue weighted by atomic mass is 9.87. The number of nitro benzene ring substituents is 4. The highest BCUT2D eigenvalue weighted by molar-refractivity contribution is 6.48. The average molecular weight is 849 g/mol. The number of oxime groups is 1. The molecule has 0 saturated carbocycles. The van der Waals surface area contributed by atoms with Crippen LogP contribution in [-0.2, 0) is 52.1 Å². The molecule has 5 aromatic rings. The van der Waals surface area contributed by atoms with Gasteiger partial charge in [-0.2, -0.15) is 0 Å². The minimum atomic E-state index is -1.66. The van der Waals surface area contributed by atoms with Crippen LogP contribution >= 0.6 is 0 Å². The first kappa shape index (κ1) is 41.7. The van der Waals surface area contributed by atoms with E-state index in [1.54, 1.807) is 31.2 Å². The van der Waals surface area contributed by atoms with Gasteiger partial charge >= 0.3 is 13.5 Å². The van der Waals surface area contributed by atoms with Gasteiger partial charge in [0, 0.05) is 39.8 Å². The lowest BCUT2D eigenvalue weighted by Gasteiger charge is -2.32. The maximum atomic E-state index is 14.2. The van der Waals surface area contributed by atoms with Gasteiger partial charge in [-0.1, -0.05) is 24.2 Å². The number of esters is 1. The van der Waals surface area contributed by atoms with Crippen LogP contribution in [0.3, 0.4) is 0 Å². The number of rotatable bonds is 16. The highest BCUT2D eigenvalue weighted by Gasteiger charge is 2.43. The van der Waals surface area contributed by atoms with Crippen LogP contribution in [0.2, 0.25) is 0 Å². The van der Waals surface area contributed by atoms with Gasteiger partial charge in [-0.25, -0.2) is 9.78 Å². The van der Waals surface area contributed by atoms with Crippen LogP contribution < -0.4 is 11.0 Å². The van der Waals surface area contributed by atoms with E-state index in [1.165, 1.54) is 18.4 Å². The molecule has 1 aliphatic heterocycles. The summed E-state index contributed by atoms with van der Waals surface area (Å²) < 4.78 is 17.3. The first-order chi connectivity index (χ1) is 29.5. The molecule has 0 radical (unpaired) electrons. The Morgan fingerprint density at radius 2 is 1.55 bits per heavy atom. The van der Waals surface area contributed by atoms with Crippen LogP contribution in [0.1, 0.15) is 55.0 Å². The fourth-order valence-corrected chi connectivity index (χ4v) is 7.44. The van der Waals surface area contributed by atoms with E-state index in [-0.39, 0.29) is 38.0 Å². The molecule has 1 aliphatic carbocycles. The van der Waals surface area contributed by atoms with Crippen molar-refractivity contribution in [1.29, 1.82) is 0 Å². The van der Waals surface area contributed by atoms with Crippen molar-refractivity contribution in [2.45, 2.75) is 52.0 Å². The van der Waals surface area contributed by atoms with Crippen molar-refractivity contribution < 1.29 is 53.0 Å². The van der Waals surface area contributed by atoms with Gasteiger partial charge in [0.1, 0.15) is 17.9 Å². The number of carbonyl (C=O) groups excluding carboxylic acids is 3. The Morgan fingerprint density at radius 1 is 0.919 bits per heavy atom. The third-order valence-corrected chi connectivity index (χ3v) is 10.5. The normalized spacial score (nSPS) is 13.3. The van der Waals surface area contributed by atoms with Crippen LogP contribution in [0.4, 0.5) is 22.7 Å². The van der Waals surface area contributed by atoms with E-state index in [2.05, 4.69) is 5.16 Å². The van der Waals surface area contributed by atoms with Crippen molar-refractivity contribution >= 4 is 71.2 Å². The molecule has 0 bridgehead atoms. The predicted molar refractivity (Wildman–Crippen MR) is 214 cm³/mol. The summed E-state index contributed by atoms with van der Waals surface area (Å²) >= 11 is 0. The number of hydrogen-bond acceptors (Lipinski definition) is 18. The topological polar surface area (TPSA) is 308 Å². The number of aromatic nitrogens is 2. The fourth-order valence-electron chi connectivity index (χ4n) is 7.44. The molecule has 3 heterocycles. The van der Waals surface area contributed by atoms with E-state index in [1.807, 2.05) is 6.07 Å². The van der Waals surface area contributed by atoms with Gasteiger partial charge in [-0.3, -0.25) is 54.8 Å². The zero-order valence-corrected chi connectivity index (χ0v) is 32.4. The smallest absolute Gasteiger partial charge is 0.377 e. The largest absolute Gasteiger partial charge is 0.537 e. The van der Waals surface area contributed by atoms with Gasteiger partial charge in [0.15, 0.2) is 0 Å². The maximum absolute atomic E-state index is 14.2. The first-order valence-electron chi connectivity index (χ1n) is 18.2. The molecule has 23 nitrogen and oxygen atoms in total. The Morgan fingerprint density at radius 3 is 2.10 bits per heavy atom. The Hall–Kier alpha value is -8.44. The van der Waals surface area contributed by atoms with Crippen LogP contribution in [0.15, 0.2) is 64.5 Å². The van der Waals surface area contributed by atoms with E-state index in [9.17, 15) is 59.6 Å². The maximum Gasteiger partial charge on any atom is 0.377 e. The van der Waals surface area contributed by atoms with Gasteiger partial charge < -0.3 is 23.5 Å². The van der Waals surface area contributed by atoms with Crippen molar-refractivity contribution in [3.63, 3.8) is 0 Å². The summed E-state index contributed by atoms with van der Waals surface area (Å²) in [6.45, 7) is 4.38. The molecule has 2 aromatic heterocycles. The van der Waals surface area contributed by atoms with E-state index in [0.717, 1.165) is 12.1 Å². The summed E-state index contributed by atoms with van der Waals surface area (Å²) in [6, 6.07) is 11.5. The molecule has 2 aliphatic rings. The quantitative estimate of drug-likeness (QED) is 0.0332. The second kappa shape index (κ2) is 16.0. The number of ether oxygens (including phenoxy) is 2. The van der Waals surface area contributed by atoms with Crippen LogP contribution in [0.5, 0.6) is 0 Å². The summed E-state index contributed by atoms with van der Waals surface area (Å²) in [5.41, 5.74) is -5.23. The molecule has 0 saturated heterocycles. The summed E-state index contributed by atoms with van der Waals surface area (Å²) in [4.78, 5) is 104. The molecule has 314 valence electrons. The van der Waals surface area contributed by atoms with Gasteiger partial charge in [-0.15, -0.1) is 0 Å². The van der Waals surface area contributed by atoms with Crippen LogP contribution in [0.25, 0.3) is 33.4 Å². The Labute approximate surface area is 346 Å². The standard InChI is InChI=1S/C38H28BN7O16/c1-4-38(3,27-13-31-34-20(14-42(31)36(49)26(27)15-59-16-47)7-19-8-21(39-60-17-48)5-6-28(19)40-34)61-37(50)18(2)62-41-35-24-9-22(43(51)52)11-29(45(55)56)32(24)33-25(35)10-23(44(53)54)12-30(33)46(57)58/h5-13,16-18,39H,4,14-15H2,1-3H3/t18-,38+/m1/s1. The van der Waals surface area contributed by atoms with Crippen LogP contribution in [-0.4, -0.2) is 67.5 Å². The van der Waals surface area contributed by atoms with Gasteiger partial charge in [-0.05, 0) is 43.9 Å². The zero-order valence-electron chi connectivity index (χ0n) is 32.4. The zero-order chi connectivity index (χ0) is 44.8. The average Bonchev–Trinajstić information content (AvgIpc) is 3.77. The van der Waals surface area contributed by atoms with Gasteiger partial charge in [0.05, 0.1) is 72.0 Å². The number of benzene rings is 3. The van der Waals surface area contributed by atoms with E-state index in [0.29, 0.717) is 51.9 Å². The molecule has 7 rings (SSSR count). The number of fused-ring (bicyclic) bond motifs is 7. The molecule has 0 unspecified atom stereocenters. The second-order valence-electron chi connectivity index (χ2n) is 14.1. The Balaban J connectivity index is 1.27. The van der Waals surface area contributed by atoms with E-state index >= 15 is 0 Å². The van der Waals surface area contributed by atoms with Crippen LogP contribution in [0, 0.1) is 40.5 Å². The molecule has 2 atom stereocenters. The molecule has 62 heavy (non-hydrogen) atoms. The predicted octanol–water partition coefficient (Wildman–Crippen LogP) is 3.89. The summed E-state index contributed by atoms with van der Waals surface area (Å²) in [5, 5.41) is 52.6. The lowest BCUT2D eigenvalue weighted by molar-refractivity contribution is -0.395. The molecule has 3 aromatic carbocycles. The summed E-state index contributed by atoms with van der Waals surface area (Å²) in [5.74, 6) is -1.10. The van der Waals surface area contributed by atoms with E-state index in [4.69, 9.17) is 23.9 Å². The van der Waals surface area contributed by atoms with Crippen molar-refractivity contribution in [1.82, 2.24) is 9.55 Å². The van der Waals surface area contributed by atoms with Crippen molar-refractivity contribution in [2.24, 2.45) is 5.16 Å². The number of nitrogens with zero attached hydrogens (tertiary/aromatic N) is 7. The monoisotopic (exact) mass is 849 g/mol. The highest BCUT2D eigenvalue weighted by Crippen LogP contribution is 2.50. The number of pyridine rings is 2. The van der Waals surface area contributed by atoms with Gasteiger partial charge in [0.25, 0.3) is 41.3 Å². The van der Waals surface area contributed by atoms with Crippen molar-refractivity contribution in [3.8, 4) is 22.5 Å². The number of hydrogen-bond donors (Lipinski definition) is 0. The molecular formula is C38H28BN7O16. The second-order valence-corrected chi connectivity index (χ2v) is 14.1. The third-order valence-electron chi connectivity index (χ3n) is 10.5. The SMILES string of the molecule is CC[C@](C)(OC(=O)[C@@H](C)ON=C1c2cc([N+](=O)[O-])cc([N+](=O)[O-])c2-c2c1cc([N+](=O)[O-])cc2[N+](=O)[O-])c1cc2n(c(=O)c1COC=O)Cc1cc3cc(BOC=O)ccc3nc1-2. The summed E-state index contributed by atoms with van der Waals surface area (Å²) in [6.07, 6.45) is -1.63. The Bertz CT molecular complexity index is 2850. The molecule has 0 fully saturated rings. The number of carbonyl (C=O) groups is 3. The van der Waals surface area contributed by atoms with Gasteiger partial charge in [0.2, 0.25) is 6.10 Å². The van der Waals surface area contributed by atoms with Crippen molar-refractivity contribution in [2.75, 3.05) is 0 Å². The molecule has 0 amide bonds. The minimum Gasteiger partial charge on any atom is -0.537 e. The fraction of sp³-hybridized carbons (Fsp3) is 0.211. The number of nitro groups is 4. The van der Waals surface area contributed by atoms with E-state index < -0.39 is 100 Å². The molecule has 24 heteroatoms. The van der Waals surface area contributed by atoms with Crippen molar-refractivity contribution in [3.05, 3.63) is 133 Å². The molecule has 0 spiro atoms. The molecular weight excluding hydrogens is 821 g/mol. The highest BCUT2D eigenvalue weighted by atomic mass is 16.7. The summed E-state index contributed by atoms with van der Waals surface area (Å²) in [7, 11) is 0.0399. The minimum absolute atomic E-state index is 0.0250. The Kier molecular flexibility index (Phi) is 10.7. The lowest BCUT2D eigenvalue weighted by Crippen LogP contribution is -2.37. The number of non-ortho nitro benzene ring substituents is 2. The molecule has 0 N–H and O–H groups in total.